The van der Waals surface area contributed by atoms with Crippen molar-refractivity contribution in [1.29, 1.82) is 0 Å². The molecule has 12 heteroatoms. The second-order valence-electron chi connectivity index (χ2n) is 5.38. The normalized spacial score (nSPS) is 22.3. The van der Waals surface area contributed by atoms with Gasteiger partial charge in [0.1, 0.15) is 21.4 Å². The van der Waals surface area contributed by atoms with Crippen LogP contribution in [0.15, 0.2) is 6.20 Å². The van der Waals surface area contributed by atoms with Crippen LogP contribution >= 0.6 is 22.9 Å². The number of nitrogens with one attached hydrogen (secondary N) is 3. The summed E-state index contributed by atoms with van der Waals surface area (Å²) in [5.74, 6) is -1.35. The van der Waals surface area contributed by atoms with Gasteiger partial charge in [-0.3, -0.25) is 4.79 Å². The number of thiazole rings is 1. The first-order valence-electron chi connectivity index (χ1n) is 8.74. The molecule has 0 aromatic carbocycles. The summed E-state index contributed by atoms with van der Waals surface area (Å²) in [7, 11) is 1.28. The van der Waals surface area contributed by atoms with Gasteiger partial charge in [0.15, 0.2) is 5.15 Å². The van der Waals surface area contributed by atoms with Crippen molar-refractivity contribution >= 4 is 45.6 Å². The van der Waals surface area contributed by atoms with Gasteiger partial charge in [0.05, 0.1) is 5.41 Å². The zero-order chi connectivity index (χ0) is 21.6. The molecule has 3 rings (SSSR count). The highest BCUT2D eigenvalue weighted by atomic mass is 35.5. The molecule has 140 valence electrons. The Morgan fingerprint density at radius 3 is 2.81 bits per heavy atom. The van der Waals surface area contributed by atoms with E-state index in [1.54, 1.807) is 0 Å². The van der Waals surface area contributed by atoms with Crippen molar-refractivity contribution in [2.45, 2.75) is 24.9 Å². The van der Waals surface area contributed by atoms with Crippen molar-refractivity contribution in [2.75, 3.05) is 24.2 Å². The number of anilines is 3. The fourth-order valence-electron chi connectivity index (χ4n) is 2.33. The maximum absolute atomic E-state index is 13.0. The summed E-state index contributed by atoms with van der Waals surface area (Å²) in [6.45, 7) is -2.50. The van der Waals surface area contributed by atoms with E-state index in [0.717, 1.165) is 11.3 Å². The van der Waals surface area contributed by atoms with Gasteiger partial charge in [0.2, 0.25) is 11.9 Å². The Bertz CT molecular complexity index is 954. The van der Waals surface area contributed by atoms with Crippen LogP contribution < -0.4 is 16.0 Å². The molecular weight excluding hydrogens is 393 g/mol. The molecule has 0 aliphatic carbocycles. The molecular formula is C14H14ClF3N6OS. The topological polar surface area (TPSA) is 91.8 Å². The molecule has 0 bridgehead atoms. The lowest BCUT2D eigenvalue weighted by atomic mass is 9.90. The number of rotatable bonds is 4. The number of carbonyl (C=O) groups is 1. The lowest BCUT2D eigenvalue weighted by Crippen LogP contribution is -2.32. The van der Waals surface area contributed by atoms with Crippen LogP contribution in [-0.4, -0.2) is 34.5 Å². The highest BCUT2D eigenvalue weighted by Gasteiger charge is 2.42. The molecule has 0 radical (unpaired) electrons. The van der Waals surface area contributed by atoms with Gasteiger partial charge in [-0.15, -0.1) is 0 Å². The van der Waals surface area contributed by atoms with Gasteiger partial charge < -0.3 is 16.0 Å². The van der Waals surface area contributed by atoms with E-state index in [4.69, 9.17) is 15.7 Å². The van der Waals surface area contributed by atoms with Crippen LogP contribution in [0.25, 0.3) is 0 Å². The summed E-state index contributed by atoms with van der Waals surface area (Å²) >= 11 is 6.89. The van der Waals surface area contributed by atoms with E-state index < -0.39 is 35.7 Å². The Labute approximate surface area is 159 Å². The first kappa shape index (κ1) is 15.0. The monoisotopic (exact) mass is 409 g/mol. The lowest BCUT2D eigenvalue weighted by Gasteiger charge is -2.16. The summed E-state index contributed by atoms with van der Waals surface area (Å²) in [6.07, 6.45) is -4.04. The molecule has 1 fully saturated rings. The number of carbonyl (C=O) groups excluding carboxylic acids is 1. The SMILES string of the molecule is [2H]C([2H])([2H])C1(c2nc(Cl)c(Nc3ncc(C(F)(F)F)c(NC)n3)s2)CCNC1=O. The van der Waals surface area contributed by atoms with E-state index in [1.807, 2.05) is 0 Å². The third-order valence-corrected chi connectivity index (χ3v) is 5.20. The number of alkyl halides is 3. The molecule has 1 unspecified atom stereocenters. The van der Waals surface area contributed by atoms with Crippen LogP contribution in [-0.2, 0) is 16.4 Å². The van der Waals surface area contributed by atoms with Gasteiger partial charge >= 0.3 is 6.18 Å². The standard InChI is InChI=1S/C14H14ClF3N6OS/c1-13(3-4-20-10(13)25)11-22-7(15)9(26-11)24-12-21-5-6(14(16,17)18)8(19-2)23-12/h5H,3-4H2,1-2H3,(H,20,25)(H2,19,21,23,24)/i1D3. The Morgan fingerprint density at radius 1 is 1.46 bits per heavy atom. The maximum Gasteiger partial charge on any atom is 0.421 e. The van der Waals surface area contributed by atoms with Crippen molar-refractivity contribution in [3.05, 3.63) is 21.9 Å². The number of hydrogen-bond acceptors (Lipinski definition) is 7. The first-order chi connectivity index (χ1) is 13.4. The highest BCUT2D eigenvalue weighted by Crippen LogP contribution is 2.40. The molecule has 1 aliphatic rings. The number of halogens is 4. The van der Waals surface area contributed by atoms with E-state index in [9.17, 15) is 18.0 Å². The molecule has 0 saturated carbocycles. The van der Waals surface area contributed by atoms with Crippen LogP contribution in [0.2, 0.25) is 5.15 Å². The minimum absolute atomic E-state index is 0.00625. The fraction of sp³-hybridized carbons (Fsp3) is 0.429. The van der Waals surface area contributed by atoms with E-state index in [-0.39, 0.29) is 34.1 Å². The lowest BCUT2D eigenvalue weighted by molar-refractivity contribution is -0.137. The van der Waals surface area contributed by atoms with Gasteiger partial charge in [-0.05, 0) is 13.3 Å². The summed E-state index contributed by atoms with van der Waals surface area (Å²) in [4.78, 5) is 23.7. The van der Waals surface area contributed by atoms with Crippen LogP contribution in [0.4, 0.5) is 29.9 Å². The zero-order valence-electron chi connectivity index (χ0n) is 16.2. The maximum atomic E-state index is 13.0. The molecule has 1 saturated heterocycles. The summed E-state index contributed by atoms with van der Waals surface area (Å²) < 4.78 is 62.3. The second kappa shape index (κ2) is 6.54. The van der Waals surface area contributed by atoms with Gasteiger partial charge in [-0.1, -0.05) is 22.9 Å². The fourth-order valence-corrected chi connectivity index (χ4v) is 3.60. The Hall–Kier alpha value is -2.14. The van der Waals surface area contributed by atoms with E-state index in [2.05, 4.69) is 30.9 Å². The van der Waals surface area contributed by atoms with E-state index in [1.165, 1.54) is 7.05 Å². The average Bonchev–Trinajstić information content (AvgIpc) is 3.17. The van der Waals surface area contributed by atoms with Crippen molar-refractivity contribution < 1.29 is 22.1 Å². The molecule has 2 aromatic rings. The Balaban J connectivity index is 1.97. The summed E-state index contributed by atoms with van der Waals surface area (Å²) in [5, 5.41) is 7.39. The molecule has 3 heterocycles. The third kappa shape index (κ3) is 3.28. The number of amides is 1. The zero-order valence-corrected chi connectivity index (χ0v) is 14.7. The molecule has 1 amide bonds. The predicted molar refractivity (Wildman–Crippen MR) is 92.0 cm³/mol. The van der Waals surface area contributed by atoms with Gasteiger partial charge in [-0.25, -0.2) is 9.97 Å². The van der Waals surface area contributed by atoms with Crippen LogP contribution in [0.3, 0.4) is 0 Å². The van der Waals surface area contributed by atoms with E-state index >= 15 is 0 Å². The van der Waals surface area contributed by atoms with Crippen molar-refractivity contribution in [2.24, 2.45) is 0 Å². The van der Waals surface area contributed by atoms with Gasteiger partial charge in [0, 0.05) is 23.9 Å². The van der Waals surface area contributed by atoms with Crippen LogP contribution in [0.5, 0.6) is 0 Å². The Morgan fingerprint density at radius 2 is 2.23 bits per heavy atom. The first-order valence-corrected chi connectivity index (χ1v) is 8.43. The summed E-state index contributed by atoms with van der Waals surface area (Å²) in [5.41, 5.74) is -2.90. The predicted octanol–water partition coefficient (Wildman–Crippen LogP) is 3.17. The molecule has 1 atom stereocenters. The minimum atomic E-state index is -4.64. The highest BCUT2D eigenvalue weighted by molar-refractivity contribution is 7.16. The quantitative estimate of drug-likeness (QED) is 0.718. The summed E-state index contributed by atoms with van der Waals surface area (Å²) in [6, 6.07) is 0. The van der Waals surface area contributed by atoms with Gasteiger partial charge in [0.25, 0.3) is 0 Å². The molecule has 3 N–H and O–H groups in total. The minimum Gasteiger partial charge on any atom is -0.372 e. The molecule has 7 nitrogen and oxygen atoms in total. The smallest absolute Gasteiger partial charge is 0.372 e. The Kier molecular flexibility index (Phi) is 3.77. The third-order valence-electron chi connectivity index (χ3n) is 3.68. The largest absolute Gasteiger partial charge is 0.421 e. The van der Waals surface area contributed by atoms with Crippen molar-refractivity contribution in [1.82, 2.24) is 20.3 Å². The molecule has 26 heavy (non-hydrogen) atoms. The molecule has 2 aromatic heterocycles. The number of nitrogens with zero attached hydrogens (tertiary/aromatic N) is 3. The second-order valence-corrected chi connectivity index (χ2v) is 6.74. The number of hydrogen-bond donors (Lipinski definition) is 3. The van der Waals surface area contributed by atoms with Crippen LogP contribution in [0, 0.1) is 0 Å². The van der Waals surface area contributed by atoms with Gasteiger partial charge in [-0.2, -0.15) is 18.2 Å². The molecule has 1 aliphatic heterocycles. The average molecular weight is 410 g/mol. The number of aromatic nitrogens is 3. The van der Waals surface area contributed by atoms with Crippen molar-refractivity contribution in [3.8, 4) is 0 Å². The van der Waals surface area contributed by atoms with Crippen LogP contribution in [0.1, 0.15) is 28.0 Å². The van der Waals surface area contributed by atoms with Crippen molar-refractivity contribution in [3.63, 3.8) is 0 Å². The molecule has 0 spiro atoms. The van der Waals surface area contributed by atoms with E-state index in [0.29, 0.717) is 6.20 Å².